The van der Waals surface area contributed by atoms with Gasteiger partial charge in [0.2, 0.25) is 0 Å². The van der Waals surface area contributed by atoms with Crippen LogP contribution in [-0.4, -0.2) is 25.2 Å². The molecular formula is C7H13NO2. The average Bonchev–Trinajstić information content (AvgIpc) is 2.64. The molecule has 1 aliphatic carbocycles. The largest absolute Gasteiger partial charge is 0.464 e. The normalized spacial score (nSPS) is 20.2. The number of hydrogen-bond donors (Lipinski definition) is 1. The Morgan fingerprint density at radius 1 is 1.70 bits per heavy atom. The molecule has 10 heavy (non-hydrogen) atoms. The van der Waals surface area contributed by atoms with Gasteiger partial charge in [-0.3, -0.25) is 4.79 Å². The predicted octanol–water partition coefficient (Wildman–Crippen LogP) is 0.301. The fraction of sp³-hybridized carbons (Fsp3) is 0.857. The minimum absolute atomic E-state index is 0.131. The molecule has 3 nitrogen and oxygen atoms in total. The van der Waals surface area contributed by atoms with E-state index in [0.29, 0.717) is 6.61 Å². The molecule has 0 aromatic carbocycles. The van der Waals surface area contributed by atoms with Crippen LogP contribution in [0.1, 0.15) is 19.8 Å². The molecule has 58 valence electrons. The first-order valence-corrected chi connectivity index (χ1v) is 3.51. The van der Waals surface area contributed by atoms with Gasteiger partial charge in [0, 0.05) is 6.92 Å². The Morgan fingerprint density at radius 2 is 2.30 bits per heavy atom. The number of carbonyl (C=O) groups excluding carboxylic acids is 1. The molecule has 0 atom stereocenters. The number of likely N-dealkylation sites (N-methyl/N-ethyl adjacent to an activating group) is 1. The third-order valence-corrected chi connectivity index (χ3v) is 1.94. The van der Waals surface area contributed by atoms with Crippen LogP contribution in [0.15, 0.2) is 0 Å². The van der Waals surface area contributed by atoms with Crippen LogP contribution in [0.25, 0.3) is 0 Å². The number of hydrogen-bond acceptors (Lipinski definition) is 3. The molecule has 0 spiro atoms. The van der Waals surface area contributed by atoms with Crippen LogP contribution in [0.5, 0.6) is 0 Å². The van der Waals surface area contributed by atoms with Crippen LogP contribution < -0.4 is 5.32 Å². The van der Waals surface area contributed by atoms with Crippen molar-refractivity contribution in [3.63, 3.8) is 0 Å². The summed E-state index contributed by atoms with van der Waals surface area (Å²) in [5.41, 5.74) is 0.131. The van der Waals surface area contributed by atoms with E-state index < -0.39 is 0 Å². The van der Waals surface area contributed by atoms with Gasteiger partial charge in [-0.1, -0.05) is 0 Å². The number of nitrogens with one attached hydrogen (secondary N) is 1. The lowest BCUT2D eigenvalue weighted by Gasteiger charge is -2.12. The van der Waals surface area contributed by atoms with Crippen LogP contribution in [0.4, 0.5) is 0 Å². The Morgan fingerprint density at radius 3 is 2.60 bits per heavy atom. The maximum atomic E-state index is 10.4. The molecule has 0 saturated heterocycles. The standard InChI is InChI=1S/C7H13NO2/c1-6(9)10-5-7(8-2)3-4-7/h8H,3-5H2,1-2H3. The van der Waals surface area contributed by atoms with Crippen molar-refractivity contribution in [3.8, 4) is 0 Å². The summed E-state index contributed by atoms with van der Waals surface area (Å²) < 4.78 is 4.86. The van der Waals surface area contributed by atoms with E-state index in [1.807, 2.05) is 7.05 Å². The SMILES string of the molecule is CNC1(COC(C)=O)CC1. The minimum Gasteiger partial charge on any atom is -0.464 e. The summed E-state index contributed by atoms with van der Waals surface area (Å²) in [4.78, 5) is 10.4. The zero-order chi connectivity index (χ0) is 7.61. The van der Waals surface area contributed by atoms with Gasteiger partial charge in [0.15, 0.2) is 0 Å². The van der Waals surface area contributed by atoms with Crippen molar-refractivity contribution < 1.29 is 9.53 Å². The molecule has 0 bridgehead atoms. The van der Waals surface area contributed by atoms with Crippen molar-refractivity contribution in [3.05, 3.63) is 0 Å². The Bertz CT molecular complexity index is 141. The van der Waals surface area contributed by atoms with Gasteiger partial charge >= 0.3 is 5.97 Å². The van der Waals surface area contributed by atoms with Gasteiger partial charge in [-0.15, -0.1) is 0 Å². The molecule has 0 aliphatic heterocycles. The predicted molar refractivity (Wildman–Crippen MR) is 37.7 cm³/mol. The van der Waals surface area contributed by atoms with Crippen molar-refractivity contribution in [2.45, 2.75) is 25.3 Å². The van der Waals surface area contributed by atoms with Gasteiger partial charge in [0.1, 0.15) is 6.61 Å². The second-order valence-electron chi connectivity index (χ2n) is 2.81. The lowest BCUT2D eigenvalue weighted by molar-refractivity contribution is -0.142. The smallest absolute Gasteiger partial charge is 0.302 e. The van der Waals surface area contributed by atoms with Gasteiger partial charge in [0.05, 0.1) is 5.54 Å². The summed E-state index contributed by atoms with van der Waals surface area (Å²) in [7, 11) is 1.90. The van der Waals surface area contributed by atoms with Gasteiger partial charge in [-0.25, -0.2) is 0 Å². The zero-order valence-electron chi connectivity index (χ0n) is 6.44. The van der Waals surface area contributed by atoms with E-state index in [2.05, 4.69) is 5.32 Å². The van der Waals surface area contributed by atoms with Crippen LogP contribution in [0.2, 0.25) is 0 Å². The van der Waals surface area contributed by atoms with E-state index in [4.69, 9.17) is 4.74 Å². The Kier molecular flexibility index (Phi) is 1.94. The lowest BCUT2D eigenvalue weighted by atomic mass is 10.3. The molecule has 1 N–H and O–H groups in total. The summed E-state index contributed by atoms with van der Waals surface area (Å²) in [5, 5.41) is 3.13. The quantitative estimate of drug-likeness (QED) is 0.577. The number of carbonyl (C=O) groups is 1. The van der Waals surface area contributed by atoms with Crippen molar-refractivity contribution in [1.82, 2.24) is 5.32 Å². The second kappa shape index (κ2) is 2.58. The molecule has 1 saturated carbocycles. The van der Waals surface area contributed by atoms with E-state index in [1.54, 1.807) is 0 Å². The Labute approximate surface area is 60.7 Å². The average molecular weight is 143 g/mol. The van der Waals surface area contributed by atoms with Crippen molar-refractivity contribution >= 4 is 5.97 Å². The van der Waals surface area contributed by atoms with E-state index in [9.17, 15) is 4.79 Å². The van der Waals surface area contributed by atoms with Gasteiger partial charge < -0.3 is 10.1 Å². The topological polar surface area (TPSA) is 38.3 Å². The highest BCUT2D eigenvalue weighted by molar-refractivity contribution is 5.66. The van der Waals surface area contributed by atoms with E-state index in [1.165, 1.54) is 6.92 Å². The summed E-state index contributed by atoms with van der Waals surface area (Å²) in [6, 6.07) is 0. The molecule has 0 aromatic heterocycles. The van der Waals surface area contributed by atoms with Crippen molar-refractivity contribution in [1.29, 1.82) is 0 Å². The summed E-state index contributed by atoms with van der Waals surface area (Å²) in [6.07, 6.45) is 2.24. The van der Waals surface area contributed by atoms with Crippen LogP contribution in [0.3, 0.4) is 0 Å². The number of esters is 1. The third-order valence-electron chi connectivity index (χ3n) is 1.94. The molecular weight excluding hydrogens is 130 g/mol. The van der Waals surface area contributed by atoms with Crippen LogP contribution in [0, 0.1) is 0 Å². The lowest BCUT2D eigenvalue weighted by Crippen LogP contribution is -2.33. The first-order chi connectivity index (χ1) is 4.68. The molecule has 0 aromatic rings. The van der Waals surface area contributed by atoms with Crippen LogP contribution in [-0.2, 0) is 9.53 Å². The summed E-state index contributed by atoms with van der Waals surface area (Å²) in [6.45, 7) is 1.96. The molecule has 1 rings (SSSR count). The second-order valence-corrected chi connectivity index (χ2v) is 2.81. The first kappa shape index (κ1) is 7.54. The summed E-state index contributed by atoms with van der Waals surface area (Å²) >= 11 is 0. The van der Waals surface area contributed by atoms with E-state index >= 15 is 0 Å². The monoisotopic (exact) mass is 143 g/mol. The fourth-order valence-corrected chi connectivity index (χ4v) is 0.857. The first-order valence-electron chi connectivity index (χ1n) is 3.51. The van der Waals surface area contributed by atoms with Gasteiger partial charge in [-0.05, 0) is 19.9 Å². The maximum Gasteiger partial charge on any atom is 0.302 e. The van der Waals surface area contributed by atoms with E-state index in [-0.39, 0.29) is 11.5 Å². The highest BCUT2D eigenvalue weighted by atomic mass is 16.5. The van der Waals surface area contributed by atoms with Crippen molar-refractivity contribution in [2.24, 2.45) is 0 Å². The number of rotatable bonds is 3. The highest BCUT2D eigenvalue weighted by Crippen LogP contribution is 2.34. The highest BCUT2D eigenvalue weighted by Gasteiger charge is 2.42. The minimum atomic E-state index is -0.193. The molecule has 1 fully saturated rings. The van der Waals surface area contributed by atoms with Gasteiger partial charge in [0.25, 0.3) is 0 Å². The molecule has 3 heteroatoms. The number of ether oxygens (including phenoxy) is 1. The molecule has 1 aliphatic rings. The summed E-state index contributed by atoms with van der Waals surface area (Å²) in [5.74, 6) is -0.193. The third kappa shape index (κ3) is 1.70. The zero-order valence-corrected chi connectivity index (χ0v) is 6.44. The Hall–Kier alpha value is -0.570. The molecule has 0 radical (unpaired) electrons. The Balaban J connectivity index is 2.19. The molecule has 0 heterocycles. The van der Waals surface area contributed by atoms with Gasteiger partial charge in [-0.2, -0.15) is 0 Å². The van der Waals surface area contributed by atoms with E-state index in [0.717, 1.165) is 12.8 Å². The van der Waals surface area contributed by atoms with Crippen molar-refractivity contribution in [2.75, 3.05) is 13.7 Å². The fourth-order valence-electron chi connectivity index (χ4n) is 0.857. The molecule has 0 unspecified atom stereocenters. The van der Waals surface area contributed by atoms with Crippen LogP contribution >= 0.6 is 0 Å². The molecule has 0 amide bonds. The maximum absolute atomic E-state index is 10.4.